The van der Waals surface area contributed by atoms with Crippen molar-refractivity contribution in [3.8, 4) is 11.4 Å². The maximum atomic E-state index is 12.7. The molecule has 0 spiro atoms. The minimum atomic E-state index is -0.398. The smallest absolute Gasteiger partial charge is 0.295 e. The van der Waals surface area contributed by atoms with Crippen molar-refractivity contribution in [2.24, 2.45) is 0 Å². The van der Waals surface area contributed by atoms with E-state index in [9.17, 15) is 4.79 Å². The highest BCUT2D eigenvalue weighted by molar-refractivity contribution is 6.30. The number of rotatable bonds is 4. The first kappa shape index (κ1) is 17.0. The Bertz CT molecular complexity index is 1090. The second kappa shape index (κ2) is 7.05. The molecule has 1 amide bonds. The summed E-state index contributed by atoms with van der Waals surface area (Å²) >= 11 is 5.93. The number of para-hydroxylation sites is 2. The van der Waals surface area contributed by atoms with Gasteiger partial charge < -0.3 is 5.32 Å². The first-order chi connectivity index (χ1) is 13.1. The number of nitrogens with zero attached hydrogens (tertiary/aromatic N) is 5. The number of nitrogens with one attached hydrogen (secondary N) is 1. The fourth-order valence-corrected chi connectivity index (χ4v) is 2.81. The lowest BCUT2D eigenvalue weighted by molar-refractivity contribution is 0.101. The monoisotopic (exact) mass is 378 g/mol. The molecule has 0 fully saturated rings. The van der Waals surface area contributed by atoms with Gasteiger partial charge in [-0.05, 0) is 49.4 Å². The molecule has 134 valence electrons. The van der Waals surface area contributed by atoms with E-state index in [2.05, 4.69) is 20.5 Å². The summed E-state index contributed by atoms with van der Waals surface area (Å²) in [5.74, 6) is 0.283. The highest BCUT2D eigenvalue weighted by atomic mass is 35.5. The molecular weight excluding hydrogens is 364 g/mol. The minimum absolute atomic E-state index is 0.0812. The summed E-state index contributed by atoms with van der Waals surface area (Å²) in [4.78, 5) is 17.0. The summed E-state index contributed by atoms with van der Waals surface area (Å²) in [5.41, 5.74) is 2.15. The van der Waals surface area contributed by atoms with Gasteiger partial charge in [0.25, 0.3) is 5.91 Å². The quantitative estimate of drug-likeness (QED) is 0.587. The number of benzene rings is 2. The van der Waals surface area contributed by atoms with Gasteiger partial charge >= 0.3 is 0 Å². The van der Waals surface area contributed by atoms with Crippen molar-refractivity contribution in [2.75, 3.05) is 5.32 Å². The summed E-state index contributed by atoms with van der Waals surface area (Å²) in [6, 6.07) is 16.4. The SMILES string of the molecule is Cc1nc(C(=O)Nc2ccccc2-n2cccn2)nn1-c1ccc(Cl)cc1. The summed E-state index contributed by atoms with van der Waals surface area (Å²) in [6.45, 7) is 1.79. The maximum Gasteiger partial charge on any atom is 0.295 e. The molecule has 0 saturated heterocycles. The molecule has 7 nitrogen and oxygen atoms in total. The molecular formula is C19H15ClN6O. The van der Waals surface area contributed by atoms with E-state index in [4.69, 9.17) is 11.6 Å². The van der Waals surface area contributed by atoms with E-state index >= 15 is 0 Å². The topological polar surface area (TPSA) is 77.6 Å². The van der Waals surface area contributed by atoms with Crippen LogP contribution in [0.25, 0.3) is 11.4 Å². The highest BCUT2D eigenvalue weighted by Crippen LogP contribution is 2.20. The van der Waals surface area contributed by atoms with Crippen molar-refractivity contribution < 1.29 is 4.79 Å². The summed E-state index contributed by atoms with van der Waals surface area (Å²) in [7, 11) is 0. The Morgan fingerprint density at radius 1 is 1.07 bits per heavy atom. The van der Waals surface area contributed by atoms with Crippen LogP contribution in [0.2, 0.25) is 5.02 Å². The van der Waals surface area contributed by atoms with Crippen molar-refractivity contribution >= 4 is 23.2 Å². The fourth-order valence-electron chi connectivity index (χ4n) is 2.68. The zero-order valence-corrected chi connectivity index (χ0v) is 15.1. The van der Waals surface area contributed by atoms with Crippen LogP contribution in [0.15, 0.2) is 67.0 Å². The molecule has 0 atom stereocenters. The van der Waals surface area contributed by atoms with E-state index in [1.165, 1.54) is 0 Å². The third-order valence-corrected chi connectivity index (χ3v) is 4.20. The number of carbonyl (C=O) groups excluding carboxylic acids is 1. The van der Waals surface area contributed by atoms with Crippen molar-refractivity contribution in [1.29, 1.82) is 0 Å². The number of anilines is 1. The Morgan fingerprint density at radius 3 is 2.59 bits per heavy atom. The van der Waals surface area contributed by atoms with Crippen LogP contribution < -0.4 is 5.32 Å². The number of halogens is 1. The van der Waals surface area contributed by atoms with Crippen LogP contribution in [0.5, 0.6) is 0 Å². The lowest BCUT2D eigenvalue weighted by atomic mass is 10.2. The molecule has 0 aliphatic carbocycles. The van der Waals surface area contributed by atoms with Gasteiger partial charge in [-0.2, -0.15) is 5.10 Å². The molecule has 4 aromatic rings. The average Bonchev–Trinajstić information content (AvgIpc) is 3.33. The molecule has 27 heavy (non-hydrogen) atoms. The van der Waals surface area contributed by atoms with Crippen LogP contribution >= 0.6 is 11.6 Å². The van der Waals surface area contributed by atoms with E-state index in [0.717, 1.165) is 11.4 Å². The standard InChI is InChI=1S/C19H15ClN6O/c1-13-22-18(24-26(13)15-9-7-14(20)8-10-15)19(27)23-16-5-2-3-6-17(16)25-12-4-11-21-25/h2-12H,1H3,(H,23,27). The lowest BCUT2D eigenvalue weighted by Crippen LogP contribution is -2.16. The molecule has 1 N–H and O–H groups in total. The van der Waals surface area contributed by atoms with Gasteiger partial charge in [-0.1, -0.05) is 23.7 Å². The Hall–Kier alpha value is -3.45. The van der Waals surface area contributed by atoms with E-state index in [1.807, 2.05) is 42.6 Å². The van der Waals surface area contributed by atoms with E-state index in [-0.39, 0.29) is 5.82 Å². The molecule has 4 rings (SSSR count). The van der Waals surface area contributed by atoms with Gasteiger partial charge in [-0.3, -0.25) is 4.79 Å². The minimum Gasteiger partial charge on any atom is -0.317 e. The van der Waals surface area contributed by atoms with Crippen LogP contribution in [0, 0.1) is 6.92 Å². The molecule has 0 bridgehead atoms. The van der Waals surface area contributed by atoms with Crippen molar-refractivity contribution in [3.05, 3.63) is 83.7 Å². The number of aromatic nitrogens is 5. The molecule has 0 aliphatic heterocycles. The first-order valence-electron chi connectivity index (χ1n) is 8.22. The molecule has 2 heterocycles. The first-order valence-corrected chi connectivity index (χ1v) is 8.59. The van der Waals surface area contributed by atoms with Crippen LogP contribution in [0.1, 0.15) is 16.4 Å². The Labute approximate surface area is 160 Å². The van der Waals surface area contributed by atoms with Gasteiger partial charge in [-0.25, -0.2) is 14.3 Å². The Kier molecular flexibility index (Phi) is 4.43. The number of hydrogen-bond acceptors (Lipinski definition) is 4. The van der Waals surface area contributed by atoms with Gasteiger partial charge in [0.1, 0.15) is 5.82 Å². The van der Waals surface area contributed by atoms with Crippen LogP contribution in [-0.2, 0) is 0 Å². The van der Waals surface area contributed by atoms with Crippen molar-refractivity contribution in [3.63, 3.8) is 0 Å². The summed E-state index contributed by atoms with van der Waals surface area (Å²) in [5, 5.41) is 12.0. The number of carbonyl (C=O) groups is 1. The van der Waals surface area contributed by atoms with Gasteiger partial charge in [-0.15, -0.1) is 5.10 Å². The van der Waals surface area contributed by atoms with E-state index < -0.39 is 5.91 Å². The van der Waals surface area contributed by atoms with E-state index in [0.29, 0.717) is 16.5 Å². The lowest BCUT2D eigenvalue weighted by Gasteiger charge is -2.09. The molecule has 0 unspecified atom stereocenters. The number of aryl methyl sites for hydroxylation is 1. The molecule has 2 aromatic carbocycles. The normalized spacial score (nSPS) is 10.7. The van der Waals surface area contributed by atoms with Crippen molar-refractivity contribution in [2.45, 2.75) is 6.92 Å². The molecule has 2 aromatic heterocycles. The van der Waals surface area contributed by atoms with Crippen LogP contribution in [0.4, 0.5) is 5.69 Å². The van der Waals surface area contributed by atoms with Gasteiger partial charge in [0.05, 0.1) is 17.1 Å². The third-order valence-electron chi connectivity index (χ3n) is 3.95. The number of hydrogen-bond donors (Lipinski definition) is 1. The Balaban J connectivity index is 1.62. The highest BCUT2D eigenvalue weighted by Gasteiger charge is 2.17. The second-order valence-corrected chi connectivity index (χ2v) is 6.23. The van der Waals surface area contributed by atoms with Gasteiger partial charge in [0.15, 0.2) is 0 Å². The fraction of sp³-hybridized carbons (Fsp3) is 0.0526. The number of amides is 1. The van der Waals surface area contributed by atoms with Crippen LogP contribution in [-0.4, -0.2) is 30.5 Å². The molecule has 0 saturated carbocycles. The predicted octanol–water partition coefficient (Wildman–Crippen LogP) is 3.67. The maximum absolute atomic E-state index is 12.7. The predicted molar refractivity (Wildman–Crippen MR) is 103 cm³/mol. The molecule has 0 aliphatic rings. The van der Waals surface area contributed by atoms with Gasteiger partial charge in [0.2, 0.25) is 5.82 Å². The second-order valence-electron chi connectivity index (χ2n) is 5.79. The zero-order chi connectivity index (χ0) is 18.8. The Morgan fingerprint density at radius 2 is 1.85 bits per heavy atom. The molecule has 8 heteroatoms. The third kappa shape index (κ3) is 3.45. The van der Waals surface area contributed by atoms with Crippen molar-refractivity contribution in [1.82, 2.24) is 24.5 Å². The van der Waals surface area contributed by atoms with Gasteiger partial charge in [0, 0.05) is 17.4 Å². The summed E-state index contributed by atoms with van der Waals surface area (Å²) < 4.78 is 3.28. The van der Waals surface area contributed by atoms with E-state index in [1.54, 1.807) is 40.7 Å². The van der Waals surface area contributed by atoms with Crippen LogP contribution in [0.3, 0.4) is 0 Å². The largest absolute Gasteiger partial charge is 0.317 e. The molecule has 0 radical (unpaired) electrons. The zero-order valence-electron chi connectivity index (χ0n) is 14.4. The average molecular weight is 379 g/mol. The summed E-state index contributed by atoms with van der Waals surface area (Å²) in [6.07, 6.45) is 3.49.